The van der Waals surface area contributed by atoms with E-state index in [0.717, 1.165) is 12.1 Å². The Labute approximate surface area is 134 Å². The molecule has 1 rings (SSSR count). The summed E-state index contributed by atoms with van der Waals surface area (Å²) < 4.78 is 45.4. The number of esters is 1. The van der Waals surface area contributed by atoms with Crippen molar-refractivity contribution >= 4 is 34.3 Å². The van der Waals surface area contributed by atoms with Crippen molar-refractivity contribution in [2.75, 3.05) is 6.61 Å². The summed E-state index contributed by atoms with van der Waals surface area (Å²) >= 11 is 3.07. The Kier molecular flexibility index (Phi) is 8.05. The van der Waals surface area contributed by atoms with E-state index < -0.39 is 24.1 Å². The highest BCUT2D eigenvalue weighted by Crippen LogP contribution is 2.29. The number of nitrogens with two attached hydrogens (primary N) is 1. The van der Waals surface area contributed by atoms with Crippen molar-refractivity contribution < 1.29 is 27.4 Å². The van der Waals surface area contributed by atoms with Crippen molar-refractivity contribution in [2.45, 2.75) is 25.7 Å². The topological polar surface area (TPSA) is 61.5 Å². The van der Waals surface area contributed by atoms with Crippen LogP contribution in [0.15, 0.2) is 22.7 Å². The molecule has 0 aliphatic carbocycles. The summed E-state index contributed by atoms with van der Waals surface area (Å²) in [5, 5.41) is 0. The summed E-state index contributed by atoms with van der Waals surface area (Å²) in [5.41, 5.74) is 6.11. The minimum atomic E-state index is -4.79. The molecule has 0 saturated carbocycles. The van der Waals surface area contributed by atoms with Gasteiger partial charge in [0.1, 0.15) is 5.75 Å². The van der Waals surface area contributed by atoms with Crippen LogP contribution in [0.4, 0.5) is 13.2 Å². The van der Waals surface area contributed by atoms with Crippen LogP contribution in [0.25, 0.3) is 0 Å². The summed E-state index contributed by atoms with van der Waals surface area (Å²) in [6.07, 6.45) is -4.92. The van der Waals surface area contributed by atoms with E-state index in [0.29, 0.717) is 10.0 Å². The molecule has 0 saturated heterocycles. The maximum atomic E-state index is 12.2. The zero-order valence-corrected chi connectivity index (χ0v) is 13.3. The van der Waals surface area contributed by atoms with E-state index in [1.807, 2.05) is 0 Å². The third kappa shape index (κ3) is 7.54. The van der Waals surface area contributed by atoms with Crippen LogP contribution in [0, 0.1) is 0 Å². The molecule has 0 bridgehead atoms. The van der Waals surface area contributed by atoms with E-state index in [-0.39, 0.29) is 25.4 Å². The number of ether oxygens (including phenoxy) is 2. The minimum absolute atomic E-state index is 0. The molecule has 0 radical (unpaired) electrons. The predicted octanol–water partition coefficient (Wildman–Crippen LogP) is 3.72. The molecule has 2 N–H and O–H groups in total. The first-order valence-electron chi connectivity index (χ1n) is 5.68. The molecule has 0 aliphatic rings. The first-order valence-corrected chi connectivity index (χ1v) is 6.48. The van der Waals surface area contributed by atoms with Gasteiger partial charge in [-0.15, -0.1) is 25.6 Å². The Morgan fingerprint density at radius 3 is 2.52 bits per heavy atom. The van der Waals surface area contributed by atoms with Gasteiger partial charge in [0.15, 0.2) is 0 Å². The van der Waals surface area contributed by atoms with Crippen LogP contribution in [0.5, 0.6) is 5.75 Å². The summed E-state index contributed by atoms with van der Waals surface area (Å²) in [5.74, 6) is -0.917. The van der Waals surface area contributed by atoms with Gasteiger partial charge in [0, 0.05) is 10.5 Å². The highest BCUT2D eigenvalue weighted by molar-refractivity contribution is 9.10. The lowest BCUT2D eigenvalue weighted by molar-refractivity contribution is -0.274. The summed E-state index contributed by atoms with van der Waals surface area (Å²) in [7, 11) is 0. The fourth-order valence-electron chi connectivity index (χ4n) is 1.51. The fraction of sp³-hybridized carbons (Fsp3) is 0.417. The van der Waals surface area contributed by atoms with Crippen molar-refractivity contribution in [2.24, 2.45) is 5.73 Å². The number of hydrogen-bond donors (Lipinski definition) is 1. The predicted molar refractivity (Wildman–Crippen MR) is 76.3 cm³/mol. The number of carbonyl (C=O) groups is 1. The molecule has 0 amide bonds. The second-order valence-corrected chi connectivity index (χ2v) is 4.80. The highest BCUT2D eigenvalue weighted by atomic mass is 79.9. The van der Waals surface area contributed by atoms with Gasteiger partial charge in [0.2, 0.25) is 0 Å². The Balaban J connectivity index is 0.00000400. The average molecular weight is 393 g/mol. The molecule has 0 heterocycles. The Morgan fingerprint density at radius 1 is 1.38 bits per heavy atom. The van der Waals surface area contributed by atoms with Crippen molar-refractivity contribution in [3.63, 3.8) is 0 Å². The summed E-state index contributed by atoms with van der Waals surface area (Å²) in [4.78, 5) is 11.3. The quantitative estimate of drug-likeness (QED) is 0.776. The molecule has 1 aromatic rings. The van der Waals surface area contributed by atoms with Crippen molar-refractivity contribution in [3.05, 3.63) is 28.2 Å². The van der Waals surface area contributed by atoms with Gasteiger partial charge in [-0.25, -0.2) is 0 Å². The lowest BCUT2D eigenvalue weighted by atomic mass is 10.0. The van der Waals surface area contributed by atoms with E-state index in [2.05, 4.69) is 20.7 Å². The van der Waals surface area contributed by atoms with Gasteiger partial charge in [-0.3, -0.25) is 4.79 Å². The molecule has 120 valence electrons. The fourth-order valence-corrected chi connectivity index (χ4v) is 2.00. The normalized spacial score (nSPS) is 12.3. The molecular formula is C12H14BrClF3NO3. The molecule has 0 aliphatic heterocycles. The lowest BCUT2D eigenvalue weighted by Crippen LogP contribution is -2.19. The van der Waals surface area contributed by atoms with Crippen LogP contribution >= 0.6 is 28.3 Å². The van der Waals surface area contributed by atoms with E-state index >= 15 is 0 Å². The number of benzene rings is 1. The molecular weight excluding hydrogens is 378 g/mol. The van der Waals surface area contributed by atoms with Gasteiger partial charge in [-0.2, -0.15) is 0 Å². The Morgan fingerprint density at radius 2 is 2.00 bits per heavy atom. The van der Waals surface area contributed by atoms with E-state index in [4.69, 9.17) is 10.5 Å². The van der Waals surface area contributed by atoms with Gasteiger partial charge in [-0.1, -0.05) is 15.9 Å². The number of rotatable bonds is 5. The molecule has 1 atom stereocenters. The maximum absolute atomic E-state index is 12.2. The zero-order chi connectivity index (χ0) is 15.3. The molecule has 0 unspecified atom stereocenters. The van der Waals surface area contributed by atoms with Crippen LogP contribution in [-0.4, -0.2) is 18.9 Å². The second kappa shape index (κ2) is 8.45. The summed E-state index contributed by atoms with van der Waals surface area (Å²) in [6.45, 7) is 1.87. The van der Waals surface area contributed by atoms with Gasteiger partial charge in [-0.05, 0) is 30.7 Å². The maximum Gasteiger partial charge on any atom is 0.573 e. The molecule has 0 spiro atoms. The van der Waals surface area contributed by atoms with E-state index in [1.54, 1.807) is 6.92 Å². The first kappa shape index (κ1) is 20.0. The second-order valence-electron chi connectivity index (χ2n) is 3.88. The van der Waals surface area contributed by atoms with Crippen LogP contribution in [0.3, 0.4) is 0 Å². The number of carbonyl (C=O) groups excluding carboxylic acids is 1. The Bertz CT molecular complexity index is 485. The zero-order valence-electron chi connectivity index (χ0n) is 10.9. The SMILES string of the molecule is CCOC(=O)C[C@H](N)c1cc(Br)cc(OC(F)(F)F)c1.Cl. The Hall–Kier alpha value is -0.990. The van der Waals surface area contributed by atoms with Crippen LogP contribution in [-0.2, 0) is 9.53 Å². The van der Waals surface area contributed by atoms with Gasteiger partial charge >= 0.3 is 12.3 Å². The third-order valence-electron chi connectivity index (χ3n) is 2.25. The molecule has 9 heteroatoms. The van der Waals surface area contributed by atoms with Gasteiger partial charge in [0.05, 0.1) is 13.0 Å². The molecule has 0 aromatic heterocycles. The molecule has 0 fully saturated rings. The van der Waals surface area contributed by atoms with Crippen molar-refractivity contribution in [1.82, 2.24) is 0 Å². The lowest BCUT2D eigenvalue weighted by Gasteiger charge is -2.15. The van der Waals surface area contributed by atoms with Gasteiger partial charge in [0.25, 0.3) is 0 Å². The minimum Gasteiger partial charge on any atom is -0.466 e. The van der Waals surface area contributed by atoms with Crippen molar-refractivity contribution in [1.29, 1.82) is 0 Å². The molecule has 4 nitrogen and oxygen atoms in total. The van der Waals surface area contributed by atoms with E-state index in [1.165, 1.54) is 6.07 Å². The number of alkyl halides is 3. The standard InChI is InChI=1S/C12H13BrF3NO3.ClH/c1-2-19-11(18)6-10(17)7-3-8(13)5-9(4-7)20-12(14,15)16;/h3-5,10H,2,6,17H2,1H3;1H/t10-;/m0./s1. The number of hydrogen-bond acceptors (Lipinski definition) is 4. The van der Waals surface area contributed by atoms with Crippen molar-refractivity contribution in [3.8, 4) is 5.75 Å². The summed E-state index contributed by atoms with van der Waals surface area (Å²) in [6, 6.07) is 3.05. The third-order valence-corrected chi connectivity index (χ3v) is 2.71. The smallest absolute Gasteiger partial charge is 0.466 e. The largest absolute Gasteiger partial charge is 0.573 e. The van der Waals surface area contributed by atoms with Crippen LogP contribution in [0.1, 0.15) is 24.9 Å². The monoisotopic (exact) mass is 391 g/mol. The number of halogens is 5. The average Bonchev–Trinajstić information content (AvgIpc) is 2.25. The van der Waals surface area contributed by atoms with Crippen LogP contribution < -0.4 is 10.5 Å². The van der Waals surface area contributed by atoms with Crippen LogP contribution in [0.2, 0.25) is 0 Å². The molecule has 21 heavy (non-hydrogen) atoms. The first-order chi connectivity index (χ1) is 9.21. The van der Waals surface area contributed by atoms with Gasteiger partial charge < -0.3 is 15.2 Å². The highest BCUT2D eigenvalue weighted by Gasteiger charge is 2.31. The molecule has 1 aromatic carbocycles. The van der Waals surface area contributed by atoms with E-state index in [9.17, 15) is 18.0 Å².